The molecule has 5 rings (SSSR count). The molecule has 0 radical (unpaired) electrons. The number of ketones is 1. The molecule has 0 spiro atoms. The van der Waals surface area contributed by atoms with Crippen molar-refractivity contribution in [1.29, 1.82) is 0 Å². The average molecular weight is 561 g/mol. The fraction of sp³-hybridized carbons (Fsp3) is 0.767. The molecule has 2 aliphatic heterocycles. The van der Waals surface area contributed by atoms with E-state index >= 15 is 0 Å². The second kappa shape index (κ2) is 11.5. The third-order valence-corrected chi connectivity index (χ3v) is 11.1. The van der Waals surface area contributed by atoms with Crippen LogP contribution in [0, 0.1) is 25.2 Å². The number of nitrogens with one attached hydrogen (secondary N) is 3. The summed E-state index contributed by atoms with van der Waals surface area (Å²) in [6.45, 7) is 12.4. The Balaban J connectivity index is 1.48. The van der Waals surface area contributed by atoms with Gasteiger partial charge < -0.3 is 4.74 Å². The van der Waals surface area contributed by atoms with Crippen LogP contribution in [0.3, 0.4) is 0 Å². The maximum absolute atomic E-state index is 13.7. The van der Waals surface area contributed by atoms with Crippen LogP contribution < -0.4 is 15.4 Å². The van der Waals surface area contributed by atoms with E-state index < -0.39 is 21.6 Å². The number of carbonyl (C=O) groups excluding carboxylic acids is 1. The summed E-state index contributed by atoms with van der Waals surface area (Å²) in [6, 6.07) is 6.64. The van der Waals surface area contributed by atoms with Gasteiger partial charge in [0.15, 0.2) is 0 Å². The van der Waals surface area contributed by atoms with Crippen molar-refractivity contribution in [2.24, 2.45) is 11.3 Å². The Bertz CT molecular complexity index is 1120. The predicted molar refractivity (Wildman–Crippen MR) is 153 cm³/mol. The van der Waals surface area contributed by atoms with E-state index in [1.54, 1.807) is 0 Å². The van der Waals surface area contributed by atoms with E-state index in [4.69, 9.17) is 4.74 Å². The lowest BCUT2D eigenvalue weighted by atomic mass is 9.81. The topological polar surface area (TPSA) is 99.8 Å². The minimum absolute atomic E-state index is 0.0456. The van der Waals surface area contributed by atoms with Crippen LogP contribution in [-0.4, -0.2) is 62.1 Å². The van der Waals surface area contributed by atoms with Gasteiger partial charge in [0.05, 0.1) is 11.9 Å². The first kappa shape index (κ1) is 29.1. The normalized spacial score (nSPS) is 34.8. The van der Waals surface area contributed by atoms with Gasteiger partial charge in [0.1, 0.15) is 18.3 Å². The summed E-state index contributed by atoms with van der Waals surface area (Å²) in [7, 11) is -3.55. The SMILES string of the molecule is Cc1cccc(C)c1C1CC2NC(N1)NS(=O)(=O)C1CCCC(C1)CN(C1CC(=O)C1)[C@H](CC(C)(C)C)CO2. The number of nitrogens with zero attached hydrogens (tertiary/aromatic N) is 1. The number of rotatable bonds is 3. The molecule has 0 aromatic heterocycles. The number of sulfonamides is 1. The van der Waals surface area contributed by atoms with Crippen molar-refractivity contribution >= 4 is 15.8 Å². The van der Waals surface area contributed by atoms with Gasteiger partial charge in [-0.15, -0.1) is 0 Å². The molecular formula is C30H48N4O4S. The van der Waals surface area contributed by atoms with E-state index in [1.807, 2.05) is 0 Å². The summed E-state index contributed by atoms with van der Waals surface area (Å²) in [6.07, 6.45) is 5.21. The van der Waals surface area contributed by atoms with Crippen LogP contribution in [0.4, 0.5) is 0 Å². The fourth-order valence-electron chi connectivity index (χ4n) is 7.30. The maximum Gasteiger partial charge on any atom is 0.216 e. The number of ether oxygens (including phenoxy) is 1. The molecule has 2 saturated heterocycles. The van der Waals surface area contributed by atoms with E-state index in [9.17, 15) is 13.2 Å². The monoisotopic (exact) mass is 560 g/mol. The van der Waals surface area contributed by atoms with Crippen LogP contribution in [-0.2, 0) is 19.6 Å². The van der Waals surface area contributed by atoms with Crippen molar-refractivity contribution in [1.82, 2.24) is 20.3 Å². The summed E-state index contributed by atoms with van der Waals surface area (Å²) < 4.78 is 37.0. The van der Waals surface area contributed by atoms with Gasteiger partial charge in [-0.25, -0.2) is 8.42 Å². The van der Waals surface area contributed by atoms with Gasteiger partial charge in [0.25, 0.3) is 0 Å². The molecule has 39 heavy (non-hydrogen) atoms. The van der Waals surface area contributed by atoms with E-state index in [0.29, 0.717) is 50.4 Å². The van der Waals surface area contributed by atoms with E-state index in [0.717, 1.165) is 25.8 Å². The predicted octanol–water partition coefficient (Wildman–Crippen LogP) is 3.88. The molecule has 2 heterocycles. The van der Waals surface area contributed by atoms with Crippen LogP contribution in [0.25, 0.3) is 0 Å². The van der Waals surface area contributed by atoms with Gasteiger partial charge >= 0.3 is 0 Å². The highest BCUT2D eigenvalue weighted by molar-refractivity contribution is 7.90. The zero-order valence-electron chi connectivity index (χ0n) is 24.3. The van der Waals surface area contributed by atoms with Crippen molar-refractivity contribution in [2.75, 3.05) is 13.2 Å². The summed E-state index contributed by atoms with van der Waals surface area (Å²) in [5.74, 6) is 0.618. The molecule has 218 valence electrons. The number of aryl methyl sites for hydroxylation is 2. The molecule has 4 bridgehead atoms. The lowest BCUT2D eigenvalue weighted by Crippen LogP contribution is -2.64. The first-order valence-electron chi connectivity index (χ1n) is 14.9. The number of benzene rings is 1. The first-order valence-corrected chi connectivity index (χ1v) is 16.4. The molecular weight excluding hydrogens is 512 g/mol. The zero-order chi connectivity index (χ0) is 27.9. The zero-order valence-corrected chi connectivity index (χ0v) is 25.1. The first-order chi connectivity index (χ1) is 18.4. The minimum Gasteiger partial charge on any atom is -0.362 e. The van der Waals surface area contributed by atoms with Crippen molar-refractivity contribution in [3.05, 3.63) is 34.9 Å². The van der Waals surface area contributed by atoms with E-state index in [-0.39, 0.29) is 29.8 Å². The van der Waals surface area contributed by atoms with Crippen molar-refractivity contribution in [2.45, 2.75) is 122 Å². The fourth-order valence-corrected chi connectivity index (χ4v) is 8.96. The summed E-state index contributed by atoms with van der Waals surface area (Å²) >= 11 is 0. The summed E-state index contributed by atoms with van der Waals surface area (Å²) in [5.41, 5.74) is 3.68. The molecule has 1 aromatic carbocycles. The largest absolute Gasteiger partial charge is 0.362 e. The Morgan fingerprint density at radius 1 is 1.05 bits per heavy atom. The standard InChI is InChI=1S/C30H48N4O4S/c1-19-8-6-9-20(2)28(19)26-15-27-32-29(31-26)33-39(36,37)25-11-7-10-21(12-25)17-34(22-13-24(35)14-22)23(18-38-27)16-30(3,4)5/h6,8-9,21-23,25-27,29,31-33H,7,10-18H2,1-5H3/t21?,23-,25?,26?,27?,29?/m1/s1. The van der Waals surface area contributed by atoms with Crippen molar-refractivity contribution in [3.63, 3.8) is 0 Å². The van der Waals surface area contributed by atoms with Crippen molar-refractivity contribution < 1.29 is 17.9 Å². The number of Topliss-reactive ketones (excluding diaryl/α,β-unsaturated/α-hetero) is 1. The third-order valence-electron chi connectivity index (χ3n) is 9.19. The molecule has 4 fully saturated rings. The Kier molecular flexibility index (Phi) is 8.59. The Morgan fingerprint density at radius 3 is 2.44 bits per heavy atom. The molecule has 0 amide bonds. The third kappa shape index (κ3) is 6.93. The Morgan fingerprint density at radius 2 is 1.77 bits per heavy atom. The molecule has 5 unspecified atom stereocenters. The van der Waals surface area contributed by atoms with Gasteiger partial charge in [-0.2, -0.15) is 4.72 Å². The van der Waals surface area contributed by atoms with Gasteiger partial charge in [-0.05, 0) is 67.6 Å². The van der Waals surface area contributed by atoms with Gasteiger partial charge in [-0.3, -0.25) is 20.3 Å². The highest BCUT2D eigenvalue weighted by Gasteiger charge is 2.42. The summed E-state index contributed by atoms with van der Waals surface area (Å²) in [4.78, 5) is 14.6. The second-order valence-electron chi connectivity index (χ2n) is 13.7. The van der Waals surface area contributed by atoms with Crippen LogP contribution in [0.1, 0.15) is 94.9 Å². The van der Waals surface area contributed by atoms with Crippen LogP contribution in [0.5, 0.6) is 0 Å². The molecule has 8 nitrogen and oxygen atoms in total. The average Bonchev–Trinajstić information content (AvgIpc) is 2.82. The highest BCUT2D eigenvalue weighted by Crippen LogP contribution is 2.36. The number of fused-ring (bicyclic) bond motifs is 4. The van der Waals surface area contributed by atoms with Gasteiger partial charge in [0.2, 0.25) is 10.0 Å². The lowest BCUT2D eigenvalue weighted by molar-refractivity contribution is -0.131. The van der Waals surface area contributed by atoms with Crippen LogP contribution >= 0.6 is 0 Å². The number of carbonyl (C=O) groups is 1. The smallest absolute Gasteiger partial charge is 0.216 e. The maximum atomic E-state index is 13.7. The highest BCUT2D eigenvalue weighted by atomic mass is 32.2. The lowest BCUT2D eigenvalue weighted by Gasteiger charge is -2.46. The summed E-state index contributed by atoms with van der Waals surface area (Å²) in [5, 5.41) is 6.57. The Hall–Kier alpha value is -1.36. The number of hydrogen-bond donors (Lipinski definition) is 3. The van der Waals surface area contributed by atoms with Gasteiger partial charge in [-0.1, -0.05) is 45.4 Å². The van der Waals surface area contributed by atoms with E-state index in [1.165, 1.54) is 16.7 Å². The molecule has 9 heteroatoms. The molecule has 1 aromatic rings. The second-order valence-corrected chi connectivity index (χ2v) is 15.7. The molecule has 4 aliphatic rings. The molecule has 2 aliphatic carbocycles. The van der Waals surface area contributed by atoms with E-state index in [2.05, 4.69) is 73.1 Å². The van der Waals surface area contributed by atoms with Crippen LogP contribution in [0.2, 0.25) is 0 Å². The molecule has 3 N–H and O–H groups in total. The number of hydrogen-bond acceptors (Lipinski definition) is 7. The quantitative estimate of drug-likeness (QED) is 0.516. The molecule has 2 saturated carbocycles. The van der Waals surface area contributed by atoms with Crippen LogP contribution in [0.15, 0.2) is 18.2 Å². The minimum atomic E-state index is -3.55. The molecule has 6 atom stereocenters. The van der Waals surface area contributed by atoms with Gasteiger partial charge in [0, 0.05) is 43.9 Å². The van der Waals surface area contributed by atoms with Crippen molar-refractivity contribution in [3.8, 4) is 0 Å². The Labute approximate surface area is 235 Å².